The van der Waals surface area contributed by atoms with Crippen LogP contribution >= 0.6 is 0 Å². The second-order valence-corrected chi connectivity index (χ2v) is 4.34. The minimum absolute atomic E-state index is 0.489. The summed E-state index contributed by atoms with van der Waals surface area (Å²) in [6.07, 6.45) is 0. The summed E-state index contributed by atoms with van der Waals surface area (Å²) in [5, 5.41) is 0. The van der Waals surface area contributed by atoms with E-state index in [9.17, 15) is 0 Å². The molecule has 0 aliphatic heterocycles. The van der Waals surface area contributed by atoms with Gasteiger partial charge in [-0.2, -0.15) is 0 Å². The fourth-order valence-electron chi connectivity index (χ4n) is 0.847. The van der Waals surface area contributed by atoms with Crippen molar-refractivity contribution in [1.82, 2.24) is 9.80 Å². The number of rotatable bonds is 9. The molecule has 0 radical (unpaired) electrons. The molecule has 0 spiro atoms. The van der Waals surface area contributed by atoms with Gasteiger partial charge in [0.05, 0.1) is 13.2 Å². The Balaban J connectivity index is 3.46. The zero-order valence-electron chi connectivity index (χ0n) is 10.5. The third kappa shape index (κ3) is 10.3. The smallest absolute Gasteiger partial charge is 0.261 e. The molecule has 0 aromatic rings. The average molecular weight is 236 g/mol. The number of nitrogens with zero attached hydrogens (tertiary/aromatic N) is 2. The molecule has 0 saturated heterocycles. The minimum atomic E-state index is -0.489. The molecule has 0 saturated carbocycles. The molecule has 0 aliphatic rings. The molecule has 5 nitrogen and oxygen atoms in total. The van der Waals surface area contributed by atoms with E-state index in [1.54, 1.807) is 0 Å². The molecule has 0 unspecified atom stereocenters. The molecule has 15 heavy (non-hydrogen) atoms. The van der Waals surface area contributed by atoms with Crippen LogP contribution in [0, 0.1) is 0 Å². The Morgan fingerprint density at radius 2 is 1.33 bits per heavy atom. The molecule has 0 aliphatic carbocycles. The normalized spacial score (nSPS) is 12.2. The van der Waals surface area contributed by atoms with Crippen molar-refractivity contribution in [3.8, 4) is 0 Å². The summed E-state index contributed by atoms with van der Waals surface area (Å²) in [5.41, 5.74) is 0. The van der Waals surface area contributed by atoms with Gasteiger partial charge in [0.25, 0.3) is 6.48 Å². The monoisotopic (exact) mass is 236 g/mol. The molecule has 0 N–H and O–H groups in total. The number of ether oxygens (including phenoxy) is 2. The second-order valence-electron chi connectivity index (χ2n) is 3.87. The van der Waals surface area contributed by atoms with Crippen molar-refractivity contribution in [3.63, 3.8) is 0 Å². The first kappa shape index (κ1) is 15.0. The Hall–Kier alpha value is 0.0169. The van der Waals surface area contributed by atoms with Gasteiger partial charge in [-0.05, 0) is 28.2 Å². The lowest BCUT2D eigenvalue weighted by molar-refractivity contribution is -0.246. The van der Waals surface area contributed by atoms with Gasteiger partial charge in [-0.15, -0.1) is 0 Å². The lowest BCUT2D eigenvalue weighted by atomic mass is 10.6. The average Bonchev–Trinajstić information content (AvgIpc) is 2.14. The van der Waals surface area contributed by atoms with E-state index in [0.717, 1.165) is 13.1 Å². The molecule has 0 amide bonds. The Morgan fingerprint density at radius 1 is 0.933 bits per heavy atom. The van der Waals surface area contributed by atoms with Crippen LogP contribution in [0.4, 0.5) is 0 Å². The third-order valence-electron chi connectivity index (χ3n) is 1.78. The van der Waals surface area contributed by atoms with Crippen molar-refractivity contribution in [2.24, 2.45) is 0 Å². The Bertz CT molecular complexity index is 133. The van der Waals surface area contributed by atoms with Crippen molar-refractivity contribution in [2.75, 3.05) is 54.5 Å². The van der Waals surface area contributed by atoms with E-state index in [2.05, 4.69) is 9.80 Å². The zero-order chi connectivity index (χ0) is 11.7. The van der Waals surface area contributed by atoms with Crippen LogP contribution in [-0.2, 0) is 13.9 Å². The Kier molecular flexibility index (Phi) is 9.27. The first-order valence-corrected chi connectivity index (χ1v) is 5.93. The highest BCUT2D eigenvalue weighted by Gasteiger charge is 2.06. The van der Waals surface area contributed by atoms with Crippen LogP contribution in [0.2, 0.25) is 0 Å². The maximum atomic E-state index is 5.41. The van der Waals surface area contributed by atoms with Gasteiger partial charge in [0.1, 0.15) is 0 Å². The summed E-state index contributed by atoms with van der Waals surface area (Å²) in [6, 6.07) is 0. The van der Waals surface area contributed by atoms with Gasteiger partial charge in [0, 0.05) is 13.1 Å². The lowest BCUT2D eigenvalue weighted by Crippen LogP contribution is -2.28. The summed E-state index contributed by atoms with van der Waals surface area (Å²) in [4.78, 5) is 4.12. The van der Waals surface area contributed by atoms with Crippen LogP contribution in [0.5, 0.6) is 0 Å². The molecule has 0 bridgehead atoms. The molecule has 0 heterocycles. The molecule has 0 atom stereocenters. The second kappa shape index (κ2) is 9.26. The van der Waals surface area contributed by atoms with Gasteiger partial charge in [-0.25, -0.2) is 0 Å². The van der Waals surface area contributed by atoms with Gasteiger partial charge in [0.15, 0.2) is 10.5 Å². The fourth-order valence-corrected chi connectivity index (χ4v) is 1.12. The van der Waals surface area contributed by atoms with Gasteiger partial charge in [-0.3, -0.25) is 0 Å². The van der Waals surface area contributed by atoms with Crippen molar-refractivity contribution in [1.29, 1.82) is 0 Å². The van der Waals surface area contributed by atoms with Crippen LogP contribution in [0.15, 0.2) is 0 Å². The van der Waals surface area contributed by atoms with E-state index in [-0.39, 0.29) is 0 Å². The Labute approximate surface area is 95.8 Å². The maximum Gasteiger partial charge on any atom is 0.261 e. The molecule has 0 aromatic heterocycles. The SMILES string of the molecule is CN(C)CCOC(O[SiH3])OCCN(C)C. The van der Waals surface area contributed by atoms with Gasteiger partial charge in [0.2, 0.25) is 0 Å². The molecule has 6 heteroatoms. The van der Waals surface area contributed by atoms with Crippen molar-refractivity contribution >= 4 is 10.5 Å². The molecule has 0 aromatic carbocycles. The van der Waals surface area contributed by atoms with E-state index >= 15 is 0 Å². The quantitative estimate of drug-likeness (QED) is 0.368. The molecule has 0 rings (SSSR count). The minimum Gasteiger partial charge on any atom is -0.383 e. The van der Waals surface area contributed by atoms with Crippen LogP contribution in [0.1, 0.15) is 0 Å². The van der Waals surface area contributed by atoms with Gasteiger partial charge >= 0.3 is 0 Å². The molecule has 92 valence electrons. The first-order valence-electron chi connectivity index (χ1n) is 5.11. The predicted molar refractivity (Wildman–Crippen MR) is 63.8 cm³/mol. The Morgan fingerprint density at radius 3 is 1.60 bits per heavy atom. The van der Waals surface area contributed by atoms with Crippen molar-refractivity contribution < 1.29 is 13.9 Å². The maximum absolute atomic E-state index is 5.41. The number of hydrogen-bond donors (Lipinski definition) is 0. The van der Waals surface area contributed by atoms with E-state index in [4.69, 9.17) is 13.9 Å². The topological polar surface area (TPSA) is 34.2 Å². The summed E-state index contributed by atoms with van der Waals surface area (Å²) in [5.74, 6) is 0. The standard InChI is InChI=1S/C9H24N2O3Si/c1-10(2)5-7-12-9(14-15)13-8-6-11(3)4/h9H,5-8H2,1-4,15H3. The molecular formula is C9H24N2O3Si. The summed E-state index contributed by atoms with van der Waals surface area (Å²) >= 11 is 0. The summed E-state index contributed by atoms with van der Waals surface area (Å²) in [7, 11) is 8.65. The fraction of sp³-hybridized carbons (Fsp3) is 1.00. The lowest BCUT2D eigenvalue weighted by Gasteiger charge is -2.19. The summed E-state index contributed by atoms with van der Waals surface area (Å²) < 4.78 is 16.0. The van der Waals surface area contributed by atoms with E-state index < -0.39 is 6.48 Å². The molecule has 0 fully saturated rings. The van der Waals surface area contributed by atoms with Crippen LogP contribution < -0.4 is 0 Å². The zero-order valence-corrected chi connectivity index (χ0v) is 12.5. The highest BCUT2D eigenvalue weighted by atomic mass is 28.2. The molecular weight excluding hydrogens is 212 g/mol. The van der Waals surface area contributed by atoms with E-state index in [1.165, 1.54) is 0 Å². The summed E-state index contributed by atoms with van der Waals surface area (Å²) in [6.45, 7) is 2.51. The number of hydrogen-bond acceptors (Lipinski definition) is 5. The van der Waals surface area contributed by atoms with E-state index in [1.807, 2.05) is 28.2 Å². The van der Waals surface area contributed by atoms with Crippen molar-refractivity contribution in [2.45, 2.75) is 6.48 Å². The first-order chi connectivity index (χ1) is 7.06. The highest BCUT2D eigenvalue weighted by Crippen LogP contribution is 1.95. The highest BCUT2D eigenvalue weighted by molar-refractivity contribution is 5.97. The van der Waals surface area contributed by atoms with Gasteiger partial charge < -0.3 is 23.7 Å². The predicted octanol–water partition coefficient (Wildman–Crippen LogP) is -1.28. The van der Waals surface area contributed by atoms with Crippen LogP contribution in [0.25, 0.3) is 0 Å². The largest absolute Gasteiger partial charge is 0.383 e. The van der Waals surface area contributed by atoms with Crippen LogP contribution in [0.3, 0.4) is 0 Å². The number of likely N-dealkylation sites (N-methyl/N-ethyl adjacent to an activating group) is 2. The van der Waals surface area contributed by atoms with Gasteiger partial charge in [-0.1, -0.05) is 0 Å². The van der Waals surface area contributed by atoms with E-state index in [0.29, 0.717) is 23.7 Å². The van der Waals surface area contributed by atoms with Crippen molar-refractivity contribution in [3.05, 3.63) is 0 Å². The van der Waals surface area contributed by atoms with Crippen LogP contribution in [-0.4, -0.2) is 81.3 Å². The third-order valence-corrected chi connectivity index (χ3v) is 2.16.